The molecule has 0 atom stereocenters. The Morgan fingerprint density at radius 2 is 1.84 bits per heavy atom. The average molecular weight is 313 g/mol. The van der Waals surface area contributed by atoms with E-state index in [1.807, 2.05) is 36.5 Å². The predicted molar refractivity (Wildman–Crippen MR) is 83.9 cm³/mol. The molecule has 3 rings (SSSR count). The summed E-state index contributed by atoms with van der Waals surface area (Å²) >= 11 is 3.48. The van der Waals surface area contributed by atoms with E-state index in [4.69, 9.17) is 0 Å². The lowest BCUT2D eigenvalue weighted by Gasteiger charge is -2.11. The van der Waals surface area contributed by atoms with Crippen molar-refractivity contribution in [3.8, 4) is 0 Å². The van der Waals surface area contributed by atoms with Crippen LogP contribution in [0.15, 0.2) is 59.2 Å². The summed E-state index contributed by atoms with van der Waals surface area (Å²) in [7, 11) is 0. The molecule has 3 heteroatoms. The average Bonchev–Trinajstić information content (AvgIpc) is 2.41. The summed E-state index contributed by atoms with van der Waals surface area (Å²) in [6.45, 7) is 2.10. The van der Waals surface area contributed by atoms with Gasteiger partial charge in [-0.25, -0.2) is 0 Å². The predicted octanol–water partition coefficient (Wildman–Crippen LogP) is 5.05. The number of aromatic nitrogens is 1. The van der Waals surface area contributed by atoms with E-state index in [0.717, 1.165) is 26.8 Å². The highest BCUT2D eigenvalue weighted by molar-refractivity contribution is 9.10. The first-order chi connectivity index (χ1) is 9.24. The first kappa shape index (κ1) is 12.2. The number of fused-ring (bicyclic) bond motifs is 1. The minimum absolute atomic E-state index is 0.980. The Morgan fingerprint density at radius 3 is 2.68 bits per heavy atom. The maximum absolute atomic E-state index is 4.40. The van der Waals surface area contributed by atoms with Crippen LogP contribution in [0.25, 0.3) is 10.9 Å². The second-order valence-corrected chi connectivity index (χ2v) is 5.38. The van der Waals surface area contributed by atoms with Crippen molar-refractivity contribution >= 4 is 38.2 Å². The van der Waals surface area contributed by atoms with Crippen molar-refractivity contribution in [3.05, 3.63) is 64.8 Å². The number of halogens is 1. The fourth-order valence-electron chi connectivity index (χ4n) is 2.09. The van der Waals surface area contributed by atoms with Crippen molar-refractivity contribution in [2.45, 2.75) is 6.92 Å². The van der Waals surface area contributed by atoms with Crippen LogP contribution in [0.2, 0.25) is 0 Å². The zero-order valence-electron chi connectivity index (χ0n) is 10.5. The van der Waals surface area contributed by atoms with Gasteiger partial charge in [0.2, 0.25) is 0 Å². The van der Waals surface area contributed by atoms with E-state index < -0.39 is 0 Å². The number of hydrogen-bond donors (Lipinski definition) is 1. The minimum atomic E-state index is 0.980. The van der Waals surface area contributed by atoms with Gasteiger partial charge in [0.05, 0.1) is 5.52 Å². The molecular weight excluding hydrogens is 300 g/mol. The number of aryl methyl sites for hydroxylation is 1. The highest BCUT2D eigenvalue weighted by atomic mass is 79.9. The van der Waals surface area contributed by atoms with Crippen molar-refractivity contribution in [2.24, 2.45) is 0 Å². The van der Waals surface area contributed by atoms with Crippen LogP contribution in [0.5, 0.6) is 0 Å². The van der Waals surface area contributed by atoms with Gasteiger partial charge in [0, 0.05) is 27.4 Å². The van der Waals surface area contributed by atoms with Gasteiger partial charge < -0.3 is 5.32 Å². The molecule has 0 spiro atoms. The first-order valence-corrected chi connectivity index (χ1v) is 6.90. The molecule has 2 aromatic carbocycles. The van der Waals surface area contributed by atoms with Crippen molar-refractivity contribution in [3.63, 3.8) is 0 Å². The molecule has 0 radical (unpaired) electrons. The summed E-state index contributed by atoms with van der Waals surface area (Å²) in [4.78, 5) is 4.40. The topological polar surface area (TPSA) is 24.9 Å². The number of pyridine rings is 1. The summed E-state index contributed by atoms with van der Waals surface area (Å²) in [5.74, 6) is 0. The third-order valence-corrected chi connectivity index (χ3v) is 3.61. The van der Waals surface area contributed by atoms with Gasteiger partial charge in [-0.3, -0.25) is 4.98 Å². The lowest BCUT2D eigenvalue weighted by atomic mass is 10.1. The van der Waals surface area contributed by atoms with Crippen LogP contribution in [0.3, 0.4) is 0 Å². The molecule has 1 N–H and O–H groups in total. The summed E-state index contributed by atoms with van der Waals surface area (Å²) in [5, 5.41) is 4.60. The maximum atomic E-state index is 4.40. The summed E-state index contributed by atoms with van der Waals surface area (Å²) in [6, 6.07) is 16.4. The van der Waals surface area contributed by atoms with E-state index in [2.05, 4.69) is 51.4 Å². The van der Waals surface area contributed by atoms with Crippen LogP contribution in [0.1, 0.15) is 5.56 Å². The van der Waals surface area contributed by atoms with E-state index in [9.17, 15) is 0 Å². The van der Waals surface area contributed by atoms with E-state index >= 15 is 0 Å². The van der Waals surface area contributed by atoms with Crippen LogP contribution >= 0.6 is 15.9 Å². The van der Waals surface area contributed by atoms with Crippen LogP contribution in [0, 0.1) is 6.92 Å². The van der Waals surface area contributed by atoms with Gasteiger partial charge in [0.1, 0.15) is 0 Å². The summed E-state index contributed by atoms with van der Waals surface area (Å²) < 4.78 is 1.04. The molecule has 0 aliphatic rings. The summed E-state index contributed by atoms with van der Waals surface area (Å²) in [6.07, 6.45) is 1.83. The van der Waals surface area contributed by atoms with Gasteiger partial charge in [-0.15, -0.1) is 0 Å². The van der Waals surface area contributed by atoms with Gasteiger partial charge >= 0.3 is 0 Å². The Hall–Kier alpha value is -1.87. The number of rotatable bonds is 2. The lowest BCUT2D eigenvalue weighted by molar-refractivity contribution is 1.39. The molecule has 1 aromatic heterocycles. The molecule has 0 amide bonds. The van der Waals surface area contributed by atoms with E-state index in [0.29, 0.717) is 0 Å². The molecule has 2 nitrogen and oxygen atoms in total. The molecule has 0 saturated carbocycles. The van der Waals surface area contributed by atoms with E-state index in [1.165, 1.54) is 5.56 Å². The third kappa shape index (κ3) is 2.47. The number of nitrogens with zero attached hydrogens (tertiary/aromatic N) is 1. The molecule has 19 heavy (non-hydrogen) atoms. The molecule has 0 aliphatic carbocycles. The van der Waals surface area contributed by atoms with Crippen LogP contribution in [0.4, 0.5) is 11.4 Å². The second kappa shape index (κ2) is 5.02. The van der Waals surface area contributed by atoms with Gasteiger partial charge in [-0.2, -0.15) is 0 Å². The number of anilines is 2. The molecule has 0 bridgehead atoms. The van der Waals surface area contributed by atoms with Gasteiger partial charge in [0.15, 0.2) is 0 Å². The van der Waals surface area contributed by atoms with Crippen molar-refractivity contribution in [2.75, 3.05) is 5.32 Å². The Bertz CT molecular complexity index is 738. The van der Waals surface area contributed by atoms with Crippen molar-refractivity contribution in [1.82, 2.24) is 4.98 Å². The molecule has 94 valence electrons. The standard InChI is InChI=1S/C16H13BrN2/c1-11-4-2-3-5-14(11)19-15-8-9-18-16-10-12(17)6-7-13(15)16/h2-10H,1H3,(H,18,19). The third-order valence-electron chi connectivity index (χ3n) is 3.12. The van der Waals surface area contributed by atoms with Crippen LogP contribution < -0.4 is 5.32 Å². The number of benzene rings is 2. The van der Waals surface area contributed by atoms with Crippen molar-refractivity contribution in [1.29, 1.82) is 0 Å². The van der Waals surface area contributed by atoms with E-state index in [1.54, 1.807) is 0 Å². The fourth-order valence-corrected chi connectivity index (χ4v) is 2.44. The molecule has 0 aliphatic heterocycles. The molecule has 0 fully saturated rings. The Balaban J connectivity index is 2.09. The molecule has 1 heterocycles. The minimum Gasteiger partial charge on any atom is -0.355 e. The Labute approximate surface area is 120 Å². The summed E-state index contributed by atoms with van der Waals surface area (Å²) in [5.41, 5.74) is 4.40. The molecule has 0 unspecified atom stereocenters. The van der Waals surface area contributed by atoms with Gasteiger partial charge in [-0.1, -0.05) is 34.1 Å². The number of hydrogen-bond acceptors (Lipinski definition) is 2. The Morgan fingerprint density at radius 1 is 1.00 bits per heavy atom. The van der Waals surface area contributed by atoms with Crippen LogP contribution in [-0.2, 0) is 0 Å². The first-order valence-electron chi connectivity index (χ1n) is 6.11. The second-order valence-electron chi connectivity index (χ2n) is 4.46. The van der Waals surface area contributed by atoms with Gasteiger partial charge in [0.25, 0.3) is 0 Å². The molecule has 0 saturated heterocycles. The molecule has 3 aromatic rings. The van der Waals surface area contributed by atoms with E-state index in [-0.39, 0.29) is 0 Å². The van der Waals surface area contributed by atoms with Crippen LogP contribution in [-0.4, -0.2) is 4.98 Å². The number of para-hydroxylation sites is 1. The monoisotopic (exact) mass is 312 g/mol. The maximum Gasteiger partial charge on any atom is 0.0734 e. The SMILES string of the molecule is Cc1ccccc1Nc1ccnc2cc(Br)ccc12. The number of nitrogens with one attached hydrogen (secondary N) is 1. The normalized spacial score (nSPS) is 10.6. The van der Waals surface area contributed by atoms with Crippen molar-refractivity contribution < 1.29 is 0 Å². The largest absolute Gasteiger partial charge is 0.355 e. The highest BCUT2D eigenvalue weighted by Crippen LogP contribution is 2.28. The lowest BCUT2D eigenvalue weighted by Crippen LogP contribution is -1.94. The molecular formula is C16H13BrN2. The zero-order chi connectivity index (χ0) is 13.2. The quantitative estimate of drug-likeness (QED) is 0.716. The van der Waals surface area contributed by atoms with Gasteiger partial charge in [-0.05, 0) is 42.8 Å². The zero-order valence-corrected chi connectivity index (χ0v) is 12.1. The fraction of sp³-hybridized carbons (Fsp3) is 0.0625. The highest BCUT2D eigenvalue weighted by Gasteiger charge is 2.04. The Kier molecular flexibility index (Phi) is 3.22. The smallest absolute Gasteiger partial charge is 0.0734 e.